The van der Waals surface area contributed by atoms with Crippen LogP contribution in [0.15, 0.2) is 42.5 Å². The monoisotopic (exact) mass is 392 g/mol. The Labute approximate surface area is 172 Å². The van der Waals surface area contributed by atoms with Gasteiger partial charge >= 0.3 is 0 Å². The summed E-state index contributed by atoms with van der Waals surface area (Å²) in [7, 11) is 0. The van der Waals surface area contributed by atoms with E-state index in [0.29, 0.717) is 24.2 Å². The van der Waals surface area contributed by atoms with E-state index in [2.05, 4.69) is 5.32 Å². The van der Waals surface area contributed by atoms with Crippen LogP contribution < -0.4 is 10.1 Å². The number of nitrogens with zero attached hydrogens (tertiary/aromatic N) is 1. The molecule has 2 aliphatic rings. The van der Waals surface area contributed by atoms with Gasteiger partial charge in [0.15, 0.2) is 6.61 Å². The number of nitrogens with one attached hydrogen (secondary N) is 1. The number of rotatable bonds is 8. The highest BCUT2D eigenvalue weighted by atomic mass is 16.5. The first-order valence-corrected chi connectivity index (χ1v) is 10.4. The molecule has 0 heterocycles. The lowest BCUT2D eigenvalue weighted by Gasteiger charge is -2.23. The first-order chi connectivity index (χ1) is 14.0. The molecular weight excluding hydrogens is 364 g/mol. The summed E-state index contributed by atoms with van der Waals surface area (Å²) in [5.74, 6) is 0.750. The van der Waals surface area contributed by atoms with E-state index in [1.807, 2.05) is 61.2 Å². The van der Waals surface area contributed by atoms with Gasteiger partial charge in [0.2, 0.25) is 0 Å². The molecular formula is C24H28N2O3. The zero-order valence-electron chi connectivity index (χ0n) is 17.1. The molecule has 0 saturated heterocycles. The molecule has 2 aromatic rings. The third-order valence-electron chi connectivity index (χ3n) is 5.48. The van der Waals surface area contributed by atoms with Gasteiger partial charge in [-0.25, -0.2) is 0 Å². The third-order valence-corrected chi connectivity index (χ3v) is 5.48. The average molecular weight is 392 g/mol. The lowest BCUT2D eigenvalue weighted by molar-refractivity contribution is -0.134. The van der Waals surface area contributed by atoms with Crippen LogP contribution >= 0.6 is 0 Å². The van der Waals surface area contributed by atoms with Gasteiger partial charge in [-0.2, -0.15) is 0 Å². The lowest BCUT2D eigenvalue weighted by Crippen LogP contribution is -2.36. The zero-order chi connectivity index (χ0) is 20.4. The minimum Gasteiger partial charge on any atom is -0.483 e. The molecule has 2 aromatic carbocycles. The molecule has 0 bridgehead atoms. The summed E-state index contributed by atoms with van der Waals surface area (Å²) in [6, 6.07) is 14.2. The van der Waals surface area contributed by atoms with Crippen molar-refractivity contribution in [3.05, 3.63) is 64.7 Å². The Bertz CT molecular complexity index is 899. The van der Waals surface area contributed by atoms with Crippen molar-refractivity contribution in [2.75, 3.05) is 6.61 Å². The van der Waals surface area contributed by atoms with Crippen LogP contribution in [-0.4, -0.2) is 35.4 Å². The fraction of sp³-hybridized carbons (Fsp3) is 0.417. The maximum atomic E-state index is 12.8. The van der Waals surface area contributed by atoms with Gasteiger partial charge in [-0.3, -0.25) is 9.59 Å². The Hall–Kier alpha value is -2.82. The van der Waals surface area contributed by atoms with Crippen LogP contribution in [0.1, 0.15) is 52.7 Å². The molecule has 4 rings (SSSR count). The lowest BCUT2D eigenvalue weighted by atomic mass is 10.1. The number of benzene rings is 2. The minimum absolute atomic E-state index is 0.00367. The van der Waals surface area contributed by atoms with E-state index < -0.39 is 0 Å². The Morgan fingerprint density at radius 1 is 1.03 bits per heavy atom. The Morgan fingerprint density at radius 2 is 1.76 bits per heavy atom. The standard InChI is InChI=1S/C24H28N2O3/c1-16-3-4-17(2)22(13-16)29-15-23(27)26(21-11-12-21)14-18-5-7-19(8-6-18)24(28)25-20-9-10-20/h3-8,13,20-21H,9-12,14-15H2,1-2H3,(H,25,28). The number of ether oxygens (including phenoxy) is 1. The van der Waals surface area contributed by atoms with E-state index in [1.165, 1.54) is 0 Å². The number of carbonyl (C=O) groups excluding carboxylic acids is 2. The van der Waals surface area contributed by atoms with Crippen molar-refractivity contribution in [1.29, 1.82) is 0 Å². The second-order valence-corrected chi connectivity index (χ2v) is 8.26. The smallest absolute Gasteiger partial charge is 0.261 e. The molecule has 0 unspecified atom stereocenters. The van der Waals surface area contributed by atoms with Crippen LogP contribution in [0, 0.1) is 13.8 Å². The van der Waals surface area contributed by atoms with E-state index in [9.17, 15) is 9.59 Å². The van der Waals surface area contributed by atoms with Crippen LogP contribution in [0.4, 0.5) is 0 Å². The van der Waals surface area contributed by atoms with Crippen LogP contribution in [0.3, 0.4) is 0 Å². The van der Waals surface area contributed by atoms with E-state index in [0.717, 1.165) is 48.1 Å². The molecule has 2 aliphatic carbocycles. The first-order valence-electron chi connectivity index (χ1n) is 10.4. The molecule has 2 amide bonds. The summed E-state index contributed by atoms with van der Waals surface area (Å²) in [5.41, 5.74) is 3.84. The number of carbonyl (C=O) groups is 2. The zero-order valence-corrected chi connectivity index (χ0v) is 17.1. The van der Waals surface area contributed by atoms with Crippen LogP contribution in [0.25, 0.3) is 0 Å². The molecule has 0 aliphatic heterocycles. The average Bonchev–Trinajstić information content (AvgIpc) is 3.62. The summed E-state index contributed by atoms with van der Waals surface area (Å²) in [4.78, 5) is 26.9. The molecule has 29 heavy (non-hydrogen) atoms. The largest absolute Gasteiger partial charge is 0.483 e. The van der Waals surface area contributed by atoms with Crippen LogP contribution in [0.2, 0.25) is 0 Å². The highest BCUT2D eigenvalue weighted by Crippen LogP contribution is 2.29. The molecule has 0 radical (unpaired) electrons. The van der Waals surface area contributed by atoms with Gasteiger partial charge in [-0.15, -0.1) is 0 Å². The van der Waals surface area contributed by atoms with Gasteiger partial charge < -0.3 is 15.0 Å². The van der Waals surface area contributed by atoms with Crippen LogP contribution in [0.5, 0.6) is 5.75 Å². The first kappa shape index (κ1) is 19.5. The number of hydrogen-bond donors (Lipinski definition) is 1. The molecule has 152 valence electrons. The predicted molar refractivity (Wildman–Crippen MR) is 112 cm³/mol. The summed E-state index contributed by atoms with van der Waals surface area (Å²) < 4.78 is 5.83. The molecule has 0 spiro atoms. The Morgan fingerprint density at radius 3 is 2.41 bits per heavy atom. The summed E-state index contributed by atoms with van der Waals surface area (Å²) in [6.45, 7) is 4.59. The van der Waals surface area contributed by atoms with Crippen molar-refractivity contribution in [2.45, 2.75) is 58.2 Å². The fourth-order valence-corrected chi connectivity index (χ4v) is 3.35. The molecule has 0 atom stereocenters. The SMILES string of the molecule is Cc1ccc(C)c(OCC(=O)N(Cc2ccc(C(=O)NC3CC3)cc2)C2CC2)c1. The molecule has 2 fully saturated rings. The maximum Gasteiger partial charge on any atom is 0.261 e. The highest BCUT2D eigenvalue weighted by Gasteiger charge is 2.32. The molecule has 2 saturated carbocycles. The van der Waals surface area contributed by atoms with Gasteiger partial charge in [0, 0.05) is 24.2 Å². The highest BCUT2D eigenvalue weighted by molar-refractivity contribution is 5.94. The minimum atomic E-state index is -0.0175. The fourth-order valence-electron chi connectivity index (χ4n) is 3.35. The van der Waals surface area contributed by atoms with Crippen molar-refractivity contribution >= 4 is 11.8 Å². The van der Waals surface area contributed by atoms with Gasteiger partial charge in [-0.1, -0.05) is 24.3 Å². The van der Waals surface area contributed by atoms with Gasteiger partial charge in [0.05, 0.1) is 0 Å². The van der Waals surface area contributed by atoms with Gasteiger partial charge in [0.1, 0.15) is 5.75 Å². The van der Waals surface area contributed by atoms with Crippen molar-refractivity contribution < 1.29 is 14.3 Å². The Balaban J connectivity index is 1.36. The van der Waals surface area contributed by atoms with Crippen molar-refractivity contribution in [3.8, 4) is 5.75 Å². The van der Waals surface area contributed by atoms with Gasteiger partial charge in [0.25, 0.3) is 11.8 Å². The summed E-state index contributed by atoms with van der Waals surface area (Å²) in [6.07, 6.45) is 4.23. The summed E-state index contributed by atoms with van der Waals surface area (Å²) >= 11 is 0. The molecule has 5 heteroatoms. The van der Waals surface area contributed by atoms with Crippen LogP contribution in [-0.2, 0) is 11.3 Å². The van der Waals surface area contributed by atoms with E-state index in [1.54, 1.807) is 0 Å². The number of hydrogen-bond acceptors (Lipinski definition) is 3. The van der Waals surface area contributed by atoms with Crippen molar-refractivity contribution in [1.82, 2.24) is 10.2 Å². The van der Waals surface area contributed by atoms with Crippen molar-refractivity contribution in [2.24, 2.45) is 0 Å². The number of amides is 2. The Kier molecular flexibility index (Phi) is 5.56. The molecule has 0 aromatic heterocycles. The van der Waals surface area contributed by atoms with E-state index in [4.69, 9.17) is 4.74 Å². The normalized spacial score (nSPS) is 15.7. The second kappa shape index (κ2) is 8.27. The third kappa shape index (κ3) is 5.17. The predicted octanol–water partition coefficient (Wildman–Crippen LogP) is 3.77. The quantitative estimate of drug-likeness (QED) is 0.744. The van der Waals surface area contributed by atoms with Crippen molar-refractivity contribution in [3.63, 3.8) is 0 Å². The molecule has 1 N–H and O–H groups in total. The second-order valence-electron chi connectivity index (χ2n) is 8.26. The summed E-state index contributed by atoms with van der Waals surface area (Å²) in [5, 5.41) is 3.00. The van der Waals surface area contributed by atoms with E-state index in [-0.39, 0.29) is 18.4 Å². The molecule has 5 nitrogen and oxygen atoms in total. The topological polar surface area (TPSA) is 58.6 Å². The van der Waals surface area contributed by atoms with Gasteiger partial charge in [-0.05, 0) is 74.4 Å². The van der Waals surface area contributed by atoms with E-state index >= 15 is 0 Å². The maximum absolute atomic E-state index is 12.8. The number of aryl methyl sites for hydroxylation is 2.